The van der Waals surface area contributed by atoms with E-state index in [2.05, 4.69) is 37.3 Å². The summed E-state index contributed by atoms with van der Waals surface area (Å²) in [6.07, 6.45) is 0. The van der Waals surface area contributed by atoms with Crippen LogP contribution >= 0.6 is 23.2 Å². The van der Waals surface area contributed by atoms with Crippen LogP contribution < -0.4 is 4.72 Å². The number of nitrogens with one attached hydrogen (secondary N) is 1. The van der Waals surface area contributed by atoms with Crippen LogP contribution in [0.25, 0.3) is 0 Å². The SMILES string of the molecule is CC(C)N(CCNS(=O)(=O)Cc1ccc(Cl)c(Cl)c1)C(C)C. The largest absolute Gasteiger partial charge is 0.297 e. The summed E-state index contributed by atoms with van der Waals surface area (Å²) in [4.78, 5) is 2.24. The number of benzene rings is 1. The molecule has 0 heterocycles. The second-order valence-electron chi connectivity index (χ2n) is 5.83. The highest BCUT2D eigenvalue weighted by atomic mass is 35.5. The Morgan fingerprint density at radius 3 is 2.18 bits per heavy atom. The van der Waals surface area contributed by atoms with Gasteiger partial charge in [-0.15, -0.1) is 0 Å². The van der Waals surface area contributed by atoms with E-state index in [1.54, 1.807) is 18.2 Å². The number of rotatable bonds is 8. The lowest BCUT2D eigenvalue weighted by Gasteiger charge is -2.30. The van der Waals surface area contributed by atoms with E-state index in [9.17, 15) is 8.42 Å². The van der Waals surface area contributed by atoms with Gasteiger partial charge in [-0.1, -0.05) is 29.3 Å². The van der Waals surface area contributed by atoms with E-state index in [0.29, 0.717) is 40.8 Å². The second-order valence-corrected chi connectivity index (χ2v) is 8.45. The fourth-order valence-corrected chi connectivity index (χ4v) is 3.79. The van der Waals surface area contributed by atoms with Gasteiger partial charge in [-0.3, -0.25) is 4.90 Å². The fourth-order valence-electron chi connectivity index (χ4n) is 2.34. The lowest BCUT2D eigenvalue weighted by molar-refractivity contribution is 0.179. The van der Waals surface area contributed by atoms with Crippen molar-refractivity contribution in [1.29, 1.82) is 0 Å². The number of halogens is 2. The Labute approximate surface area is 143 Å². The predicted molar refractivity (Wildman–Crippen MR) is 94.1 cm³/mol. The van der Waals surface area contributed by atoms with Gasteiger partial charge in [0.15, 0.2) is 0 Å². The molecule has 0 aliphatic heterocycles. The quantitative estimate of drug-likeness (QED) is 0.765. The second kappa shape index (κ2) is 8.50. The fraction of sp³-hybridized carbons (Fsp3) is 0.600. The van der Waals surface area contributed by atoms with Crippen LogP contribution in [0, 0.1) is 0 Å². The first-order valence-electron chi connectivity index (χ1n) is 7.29. The summed E-state index contributed by atoms with van der Waals surface area (Å²) in [6, 6.07) is 5.60. The van der Waals surface area contributed by atoms with Gasteiger partial charge in [0.1, 0.15) is 0 Å². The third kappa shape index (κ3) is 6.42. The lowest BCUT2D eigenvalue weighted by atomic mass is 10.2. The minimum Gasteiger partial charge on any atom is -0.297 e. The zero-order chi connectivity index (χ0) is 16.9. The van der Waals surface area contributed by atoms with Crippen molar-refractivity contribution in [1.82, 2.24) is 9.62 Å². The molecule has 0 unspecified atom stereocenters. The van der Waals surface area contributed by atoms with E-state index in [1.807, 2.05) is 0 Å². The van der Waals surface area contributed by atoms with Crippen LogP contribution in [0.4, 0.5) is 0 Å². The maximum absolute atomic E-state index is 12.1. The molecule has 7 heteroatoms. The topological polar surface area (TPSA) is 49.4 Å². The Morgan fingerprint density at radius 1 is 1.09 bits per heavy atom. The highest BCUT2D eigenvalue weighted by Gasteiger charge is 2.16. The molecule has 0 bridgehead atoms. The molecule has 0 radical (unpaired) electrons. The minimum absolute atomic E-state index is 0.104. The van der Waals surface area contributed by atoms with E-state index >= 15 is 0 Å². The first-order chi connectivity index (χ1) is 10.1. The molecule has 0 saturated carbocycles. The van der Waals surface area contributed by atoms with Crippen molar-refractivity contribution < 1.29 is 8.42 Å². The van der Waals surface area contributed by atoms with Crippen LogP contribution in [0.3, 0.4) is 0 Å². The van der Waals surface area contributed by atoms with Crippen LogP contribution in [0.5, 0.6) is 0 Å². The van der Waals surface area contributed by atoms with Crippen molar-refractivity contribution in [3.63, 3.8) is 0 Å². The molecule has 0 fully saturated rings. The van der Waals surface area contributed by atoms with Gasteiger partial charge in [-0.2, -0.15) is 0 Å². The summed E-state index contributed by atoms with van der Waals surface area (Å²) >= 11 is 11.7. The average molecular weight is 367 g/mol. The van der Waals surface area contributed by atoms with E-state index in [-0.39, 0.29) is 5.75 Å². The summed E-state index contributed by atoms with van der Waals surface area (Å²) < 4.78 is 26.9. The van der Waals surface area contributed by atoms with Gasteiger partial charge < -0.3 is 0 Å². The number of hydrogen-bond donors (Lipinski definition) is 1. The van der Waals surface area contributed by atoms with Crippen LogP contribution in [-0.2, 0) is 15.8 Å². The van der Waals surface area contributed by atoms with Gasteiger partial charge in [0.25, 0.3) is 0 Å². The van der Waals surface area contributed by atoms with E-state index in [1.165, 1.54) is 0 Å². The Hall–Kier alpha value is -0.330. The molecule has 126 valence electrons. The molecule has 1 aromatic rings. The smallest absolute Gasteiger partial charge is 0.215 e. The molecule has 0 atom stereocenters. The summed E-state index contributed by atoms with van der Waals surface area (Å²) in [5.74, 6) is -0.104. The normalized spacial score (nSPS) is 12.6. The van der Waals surface area contributed by atoms with Gasteiger partial charge in [0.05, 0.1) is 15.8 Å². The molecule has 0 spiro atoms. The predicted octanol–water partition coefficient (Wildman–Crippen LogP) is 3.53. The van der Waals surface area contributed by atoms with Gasteiger partial charge in [0.2, 0.25) is 10.0 Å². The number of nitrogens with zero attached hydrogens (tertiary/aromatic N) is 1. The van der Waals surface area contributed by atoms with Crippen molar-refractivity contribution in [3.05, 3.63) is 33.8 Å². The van der Waals surface area contributed by atoms with E-state index in [4.69, 9.17) is 23.2 Å². The molecule has 22 heavy (non-hydrogen) atoms. The molecule has 0 saturated heterocycles. The molecule has 0 aliphatic rings. The first-order valence-corrected chi connectivity index (χ1v) is 9.70. The molecule has 1 rings (SSSR count). The monoisotopic (exact) mass is 366 g/mol. The molecule has 1 N–H and O–H groups in total. The van der Waals surface area contributed by atoms with Crippen molar-refractivity contribution in [2.24, 2.45) is 0 Å². The molecular formula is C15H24Cl2N2O2S. The molecular weight excluding hydrogens is 343 g/mol. The highest BCUT2D eigenvalue weighted by Crippen LogP contribution is 2.23. The molecule has 4 nitrogen and oxygen atoms in total. The van der Waals surface area contributed by atoms with E-state index < -0.39 is 10.0 Å². The highest BCUT2D eigenvalue weighted by molar-refractivity contribution is 7.88. The Bertz CT molecular complexity index is 581. The maximum atomic E-state index is 12.1. The third-order valence-electron chi connectivity index (χ3n) is 3.36. The molecule has 0 aliphatic carbocycles. The number of sulfonamides is 1. The van der Waals surface area contributed by atoms with Crippen LogP contribution in [-0.4, -0.2) is 38.5 Å². The van der Waals surface area contributed by atoms with Gasteiger partial charge in [-0.25, -0.2) is 13.1 Å². The standard InChI is InChI=1S/C15H24Cl2N2O2S/c1-11(2)19(12(3)4)8-7-18-22(20,21)10-13-5-6-14(16)15(17)9-13/h5-6,9,11-12,18H,7-8,10H2,1-4H3. The van der Waals surface area contributed by atoms with Gasteiger partial charge in [0, 0.05) is 25.2 Å². The van der Waals surface area contributed by atoms with Crippen LogP contribution in [0.2, 0.25) is 10.0 Å². The first kappa shape index (κ1) is 19.7. The summed E-state index contributed by atoms with van der Waals surface area (Å²) in [5.41, 5.74) is 0.617. The van der Waals surface area contributed by atoms with Gasteiger partial charge >= 0.3 is 0 Å². The third-order valence-corrected chi connectivity index (χ3v) is 5.46. The molecule has 0 amide bonds. The van der Waals surface area contributed by atoms with Crippen molar-refractivity contribution >= 4 is 33.2 Å². The Kier molecular flexibility index (Phi) is 7.62. The van der Waals surface area contributed by atoms with Crippen molar-refractivity contribution in [2.75, 3.05) is 13.1 Å². The number of hydrogen-bond acceptors (Lipinski definition) is 3. The van der Waals surface area contributed by atoms with E-state index in [0.717, 1.165) is 0 Å². The zero-order valence-corrected chi connectivity index (χ0v) is 15.8. The molecule has 0 aromatic heterocycles. The Morgan fingerprint density at radius 2 is 1.68 bits per heavy atom. The Balaban J connectivity index is 2.59. The zero-order valence-electron chi connectivity index (χ0n) is 13.4. The summed E-state index contributed by atoms with van der Waals surface area (Å²) in [6.45, 7) is 9.47. The summed E-state index contributed by atoms with van der Waals surface area (Å²) in [5, 5.41) is 0.778. The van der Waals surface area contributed by atoms with Crippen LogP contribution in [0.1, 0.15) is 33.3 Å². The maximum Gasteiger partial charge on any atom is 0.215 e. The lowest BCUT2D eigenvalue weighted by Crippen LogP contribution is -2.42. The summed E-state index contributed by atoms with van der Waals surface area (Å²) in [7, 11) is -3.39. The van der Waals surface area contributed by atoms with Crippen LogP contribution in [0.15, 0.2) is 18.2 Å². The minimum atomic E-state index is -3.39. The van der Waals surface area contributed by atoms with Crippen molar-refractivity contribution in [2.45, 2.75) is 45.5 Å². The average Bonchev–Trinajstić information content (AvgIpc) is 2.37. The van der Waals surface area contributed by atoms with Gasteiger partial charge in [-0.05, 0) is 45.4 Å². The van der Waals surface area contributed by atoms with Crippen molar-refractivity contribution in [3.8, 4) is 0 Å². The molecule has 1 aromatic carbocycles.